The number of carboxylic acid groups (broad SMARTS) is 1. The average molecular weight is 214 g/mol. The highest BCUT2D eigenvalue weighted by Gasteiger charge is 2.66. The molecule has 4 heteroatoms. The van der Waals surface area contributed by atoms with Gasteiger partial charge in [-0.15, -0.1) is 0 Å². The molecule has 3 atom stereocenters. The first kappa shape index (κ1) is 12.0. The number of hydrogen-bond acceptors (Lipinski definition) is 3. The fraction of sp³-hybridized carbons (Fsp3) is 0.818. The fourth-order valence-electron chi connectivity index (χ4n) is 1.89. The summed E-state index contributed by atoms with van der Waals surface area (Å²) in [5, 5.41) is 8.89. The predicted molar refractivity (Wildman–Crippen MR) is 54.2 cm³/mol. The monoisotopic (exact) mass is 214 g/mol. The van der Waals surface area contributed by atoms with E-state index >= 15 is 0 Å². The Balaban J connectivity index is 2.60. The minimum absolute atomic E-state index is 0.136. The van der Waals surface area contributed by atoms with Crippen LogP contribution in [0.3, 0.4) is 0 Å². The molecule has 0 aromatic heterocycles. The van der Waals surface area contributed by atoms with Crippen molar-refractivity contribution in [1.82, 2.24) is 0 Å². The maximum absolute atomic E-state index is 11.6. The summed E-state index contributed by atoms with van der Waals surface area (Å²) in [5.41, 5.74) is -0.462. The first-order valence-electron chi connectivity index (χ1n) is 5.25. The van der Waals surface area contributed by atoms with Crippen molar-refractivity contribution in [3.8, 4) is 0 Å². The van der Waals surface area contributed by atoms with Crippen molar-refractivity contribution in [1.29, 1.82) is 0 Å². The van der Waals surface area contributed by atoms with Crippen LogP contribution in [0.4, 0.5) is 0 Å². The Morgan fingerprint density at radius 1 is 1.40 bits per heavy atom. The zero-order valence-electron chi connectivity index (χ0n) is 9.61. The Labute approximate surface area is 89.6 Å². The van der Waals surface area contributed by atoms with Crippen LogP contribution in [0.25, 0.3) is 0 Å². The van der Waals surface area contributed by atoms with Crippen LogP contribution in [0.2, 0.25) is 0 Å². The molecule has 0 radical (unpaired) electrons. The number of carbonyl (C=O) groups excluding carboxylic acids is 1. The van der Waals surface area contributed by atoms with Crippen LogP contribution >= 0.6 is 0 Å². The lowest BCUT2D eigenvalue weighted by Gasteiger charge is -2.11. The van der Waals surface area contributed by atoms with Gasteiger partial charge in [0.2, 0.25) is 0 Å². The topological polar surface area (TPSA) is 63.6 Å². The van der Waals surface area contributed by atoms with E-state index in [-0.39, 0.29) is 12.1 Å². The zero-order chi connectivity index (χ0) is 11.8. The molecule has 4 nitrogen and oxygen atoms in total. The minimum Gasteiger partial charge on any atom is -0.481 e. The summed E-state index contributed by atoms with van der Waals surface area (Å²) in [6, 6.07) is 0. The van der Waals surface area contributed by atoms with Crippen LogP contribution in [0.1, 0.15) is 34.1 Å². The van der Waals surface area contributed by atoms with Crippen LogP contribution in [-0.2, 0) is 14.3 Å². The number of aliphatic carboxylic acids is 1. The van der Waals surface area contributed by atoms with E-state index in [2.05, 4.69) is 0 Å². The SMILES string of the molecule is CCC(C)OC(=O)C1C(C(=O)O)C1(C)C. The first-order chi connectivity index (χ1) is 6.82. The number of hydrogen-bond donors (Lipinski definition) is 1. The summed E-state index contributed by atoms with van der Waals surface area (Å²) in [5.74, 6) is -2.36. The molecule has 1 rings (SSSR count). The quantitative estimate of drug-likeness (QED) is 0.723. The van der Waals surface area contributed by atoms with Crippen molar-refractivity contribution in [2.75, 3.05) is 0 Å². The summed E-state index contributed by atoms with van der Waals surface area (Å²) in [6.07, 6.45) is 0.611. The van der Waals surface area contributed by atoms with E-state index in [0.717, 1.165) is 6.42 Å². The standard InChI is InChI=1S/C11H18O4/c1-5-6(2)15-10(14)8-7(9(12)13)11(8,3)4/h6-8H,5H2,1-4H3,(H,12,13). The fourth-order valence-corrected chi connectivity index (χ4v) is 1.89. The van der Waals surface area contributed by atoms with E-state index < -0.39 is 23.2 Å². The van der Waals surface area contributed by atoms with Gasteiger partial charge in [0.25, 0.3) is 0 Å². The van der Waals surface area contributed by atoms with Crippen LogP contribution < -0.4 is 0 Å². The number of carboxylic acids is 1. The predicted octanol–water partition coefficient (Wildman–Crippen LogP) is 1.68. The van der Waals surface area contributed by atoms with Gasteiger partial charge >= 0.3 is 11.9 Å². The summed E-state index contributed by atoms with van der Waals surface area (Å²) in [4.78, 5) is 22.5. The van der Waals surface area contributed by atoms with Gasteiger partial charge in [-0.25, -0.2) is 0 Å². The van der Waals surface area contributed by atoms with Gasteiger partial charge in [-0.2, -0.15) is 0 Å². The van der Waals surface area contributed by atoms with Gasteiger partial charge in [0, 0.05) is 0 Å². The van der Waals surface area contributed by atoms with E-state index in [1.807, 2.05) is 13.8 Å². The molecular formula is C11H18O4. The molecular weight excluding hydrogens is 196 g/mol. The molecule has 1 aliphatic rings. The summed E-state index contributed by atoms with van der Waals surface area (Å²) < 4.78 is 5.14. The maximum atomic E-state index is 11.6. The van der Waals surface area contributed by atoms with E-state index in [9.17, 15) is 9.59 Å². The number of rotatable bonds is 4. The molecule has 0 aromatic rings. The van der Waals surface area contributed by atoms with Crippen molar-refractivity contribution in [3.05, 3.63) is 0 Å². The van der Waals surface area contributed by atoms with Crippen molar-refractivity contribution >= 4 is 11.9 Å². The highest BCUT2D eigenvalue weighted by atomic mass is 16.5. The largest absolute Gasteiger partial charge is 0.481 e. The lowest BCUT2D eigenvalue weighted by Crippen LogP contribution is -2.18. The Hall–Kier alpha value is -1.06. The molecule has 3 unspecified atom stereocenters. The average Bonchev–Trinajstić information content (AvgIpc) is 2.68. The lowest BCUT2D eigenvalue weighted by atomic mass is 10.1. The third-order valence-electron chi connectivity index (χ3n) is 3.24. The molecule has 1 aliphatic carbocycles. The molecule has 15 heavy (non-hydrogen) atoms. The number of ether oxygens (including phenoxy) is 1. The maximum Gasteiger partial charge on any atom is 0.310 e. The second-order valence-corrected chi connectivity index (χ2v) is 4.77. The van der Waals surface area contributed by atoms with E-state index in [4.69, 9.17) is 9.84 Å². The molecule has 1 fully saturated rings. The molecule has 0 bridgehead atoms. The smallest absolute Gasteiger partial charge is 0.310 e. The van der Waals surface area contributed by atoms with Crippen LogP contribution in [-0.4, -0.2) is 23.1 Å². The van der Waals surface area contributed by atoms with E-state index in [0.29, 0.717) is 0 Å². The van der Waals surface area contributed by atoms with Crippen LogP contribution in [0.15, 0.2) is 0 Å². The van der Waals surface area contributed by atoms with Gasteiger partial charge in [-0.3, -0.25) is 9.59 Å². The second kappa shape index (κ2) is 3.83. The number of esters is 1. The third kappa shape index (κ3) is 2.13. The zero-order valence-corrected chi connectivity index (χ0v) is 9.61. The molecule has 0 aromatic carbocycles. The highest BCUT2D eigenvalue weighted by Crippen LogP contribution is 2.58. The molecule has 1 N–H and O–H groups in total. The Morgan fingerprint density at radius 3 is 2.27 bits per heavy atom. The highest BCUT2D eigenvalue weighted by molar-refractivity contribution is 5.88. The lowest BCUT2D eigenvalue weighted by molar-refractivity contribution is -0.153. The summed E-state index contributed by atoms with van der Waals surface area (Å²) in [6.45, 7) is 7.30. The molecule has 1 saturated carbocycles. The number of carbonyl (C=O) groups is 2. The Bertz CT molecular complexity index is 282. The minimum atomic E-state index is -0.911. The third-order valence-corrected chi connectivity index (χ3v) is 3.24. The summed E-state index contributed by atoms with van der Waals surface area (Å²) in [7, 11) is 0. The van der Waals surface area contributed by atoms with Crippen molar-refractivity contribution in [2.24, 2.45) is 17.3 Å². The molecule has 0 heterocycles. The molecule has 86 valence electrons. The van der Waals surface area contributed by atoms with Gasteiger partial charge in [0.05, 0.1) is 17.9 Å². The van der Waals surface area contributed by atoms with Crippen LogP contribution in [0, 0.1) is 17.3 Å². The van der Waals surface area contributed by atoms with Gasteiger partial charge in [0.15, 0.2) is 0 Å². The molecule has 0 amide bonds. The van der Waals surface area contributed by atoms with Crippen molar-refractivity contribution in [2.45, 2.75) is 40.2 Å². The van der Waals surface area contributed by atoms with Gasteiger partial charge in [-0.1, -0.05) is 20.8 Å². The van der Waals surface area contributed by atoms with E-state index in [1.165, 1.54) is 0 Å². The van der Waals surface area contributed by atoms with Gasteiger partial charge in [0.1, 0.15) is 0 Å². The molecule has 0 spiro atoms. The van der Waals surface area contributed by atoms with Crippen molar-refractivity contribution in [3.63, 3.8) is 0 Å². The Kier molecular flexibility index (Phi) is 3.07. The van der Waals surface area contributed by atoms with Gasteiger partial charge < -0.3 is 9.84 Å². The van der Waals surface area contributed by atoms with E-state index in [1.54, 1.807) is 13.8 Å². The Morgan fingerprint density at radius 2 is 1.93 bits per heavy atom. The second-order valence-electron chi connectivity index (χ2n) is 4.77. The van der Waals surface area contributed by atoms with Crippen molar-refractivity contribution < 1.29 is 19.4 Å². The summed E-state index contributed by atoms with van der Waals surface area (Å²) >= 11 is 0. The first-order valence-corrected chi connectivity index (χ1v) is 5.25. The molecule has 0 saturated heterocycles. The van der Waals surface area contributed by atoms with Crippen LogP contribution in [0.5, 0.6) is 0 Å². The van der Waals surface area contributed by atoms with Gasteiger partial charge in [-0.05, 0) is 18.8 Å². The normalized spacial score (nSPS) is 29.3. The molecule has 0 aliphatic heterocycles.